The lowest BCUT2D eigenvalue weighted by Gasteiger charge is -2.22. The van der Waals surface area contributed by atoms with E-state index in [1.54, 1.807) is 18.2 Å². The first-order valence-corrected chi connectivity index (χ1v) is 6.76. The number of rotatable bonds is 5. The molecule has 1 saturated heterocycles. The lowest BCUT2D eigenvalue weighted by Crippen LogP contribution is -2.37. The van der Waals surface area contributed by atoms with Crippen LogP contribution in [0.3, 0.4) is 0 Å². The maximum atomic E-state index is 12.0. The van der Waals surface area contributed by atoms with E-state index in [9.17, 15) is 9.90 Å². The zero-order valence-electron chi connectivity index (χ0n) is 11.6. The number of anilines is 2. The number of hydrogen-bond acceptors (Lipinski definition) is 5. The van der Waals surface area contributed by atoms with Crippen LogP contribution in [0.5, 0.6) is 0 Å². The Kier molecular flexibility index (Phi) is 4.46. The SMILES string of the molecule is CCNC(=O)c1ccc(N)cc1NCC1(O)CCOC1. The van der Waals surface area contributed by atoms with Crippen LogP contribution in [0.4, 0.5) is 11.4 Å². The number of benzene rings is 1. The molecule has 1 amide bonds. The second-order valence-electron chi connectivity index (χ2n) is 5.04. The van der Waals surface area contributed by atoms with E-state index in [0.717, 1.165) is 0 Å². The zero-order valence-corrected chi connectivity index (χ0v) is 11.6. The number of nitrogens with two attached hydrogens (primary N) is 1. The fraction of sp³-hybridized carbons (Fsp3) is 0.500. The molecule has 1 aromatic rings. The Morgan fingerprint density at radius 2 is 2.35 bits per heavy atom. The van der Waals surface area contributed by atoms with Crippen molar-refractivity contribution in [1.82, 2.24) is 5.32 Å². The number of carbonyl (C=O) groups is 1. The van der Waals surface area contributed by atoms with Gasteiger partial charge in [0.2, 0.25) is 0 Å². The molecule has 1 heterocycles. The average Bonchev–Trinajstić information content (AvgIpc) is 2.84. The smallest absolute Gasteiger partial charge is 0.253 e. The molecule has 1 atom stereocenters. The Balaban J connectivity index is 2.12. The Morgan fingerprint density at radius 1 is 1.55 bits per heavy atom. The number of ether oxygens (including phenoxy) is 1. The number of nitrogens with one attached hydrogen (secondary N) is 2. The van der Waals surface area contributed by atoms with Gasteiger partial charge in [-0.05, 0) is 25.1 Å². The summed E-state index contributed by atoms with van der Waals surface area (Å²) in [5, 5.41) is 16.1. The highest BCUT2D eigenvalue weighted by Crippen LogP contribution is 2.23. The summed E-state index contributed by atoms with van der Waals surface area (Å²) in [6, 6.07) is 5.06. The molecule has 6 nitrogen and oxygen atoms in total. The molecular weight excluding hydrogens is 258 g/mol. The molecule has 0 radical (unpaired) electrons. The molecule has 2 rings (SSSR count). The summed E-state index contributed by atoms with van der Waals surface area (Å²) in [4.78, 5) is 12.0. The highest BCUT2D eigenvalue weighted by atomic mass is 16.5. The van der Waals surface area contributed by atoms with Gasteiger partial charge in [0.05, 0.1) is 12.2 Å². The third-order valence-corrected chi connectivity index (χ3v) is 3.32. The van der Waals surface area contributed by atoms with E-state index in [2.05, 4.69) is 10.6 Å². The summed E-state index contributed by atoms with van der Waals surface area (Å²) in [6.07, 6.45) is 0.582. The van der Waals surface area contributed by atoms with Crippen LogP contribution in [-0.4, -0.2) is 42.9 Å². The van der Waals surface area contributed by atoms with Crippen LogP contribution >= 0.6 is 0 Å². The highest BCUT2D eigenvalue weighted by Gasteiger charge is 2.32. The molecule has 0 saturated carbocycles. The predicted molar refractivity (Wildman–Crippen MR) is 77.7 cm³/mol. The van der Waals surface area contributed by atoms with Gasteiger partial charge in [-0.3, -0.25) is 4.79 Å². The normalized spacial score (nSPS) is 21.7. The Hall–Kier alpha value is -1.79. The van der Waals surface area contributed by atoms with Crippen molar-refractivity contribution in [2.45, 2.75) is 18.9 Å². The first-order valence-electron chi connectivity index (χ1n) is 6.76. The highest BCUT2D eigenvalue weighted by molar-refractivity contribution is 6.00. The summed E-state index contributed by atoms with van der Waals surface area (Å²) in [7, 11) is 0. The lowest BCUT2D eigenvalue weighted by molar-refractivity contribution is 0.0381. The Labute approximate surface area is 118 Å². The van der Waals surface area contributed by atoms with Gasteiger partial charge in [-0.25, -0.2) is 0 Å². The number of aliphatic hydroxyl groups is 1. The van der Waals surface area contributed by atoms with Gasteiger partial charge in [0.1, 0.15) is 5.60 Å². The fourth-order valence-corrected chi connectivity index (χ4v) is 2.16. The lowest BCUT2D eigenvalue weighted by atomic mass is 10.0. The molecule has 1 aliphatic rings. The van der Waals surface area contributed by atoms with Crippen LogP contribution in [0.15, 0.2) is 18.2 Å². The molecule has 0 spiro atoms. The molecule has 1 aliphatic heterocycles. The Morgan fingerprint density at radius 3 is 3.00 bits per heavy atom. The molecule has 0 aliphatic carbocycles. The molecular formula is C14H21N3O3. The molecule has 5 N–H and O–H groups in total. The van der Waals surface area contributed by atoms with Gasteiger partial charge in [-0.15, -0.1) is 0 Å². The van der Waals surface area contributed by atoms with Crippen molar-refractivity contribution in [1.29, 1.82) is 0 Å². The molecule has 20 heavy (non-hydrogen) atoms. The van der Waals surface area contributed by atoms with Crippen molar-refractivity contribution in [3.63, 3.8) is 0 Å². The molecule has 1 fully saturated rings. The first-order chi connectivity index (χ1) is 9.54. The monoisotopic (exact) mass is 279 g/mol. The number of hydrogen-bond donors (Lipinski definition) is 4. The van der Waals surface area contributed by atoms with Crippen molar-refractivity contribution < 1.29 is 14.6 Å². The number of nitrogen functional groups attached to an aromatic ring is 1. The third kappa shape index (κ3) is 3.40. The van der Waals surface area contributed by atoms with E-state index in [1.165, 1.54) is 0 Å². The van der Waals surface area contributed by atoms with Gasteiger partial charge in [-0.1, -0.05) is 0 Å². The topological polar surface area (TPSA) is 96.6 Å². The standard InChI is InChI=1S/C14H21N3O3/c1-2-16-13(18)11-4-3-10(15)7-12(11)17-8-14(19)5-6-20-9-14/h3-4,7,17,19H,2,5-6,8-9,15H2,1H3,(H,16,18). The molecule has 1 aromatic carbocycles. The van der Waals surface area contributed by atoms with Gasteiger partial charge >= 0.3 is 0 Å². The minimum atomic E-state index is -0.886. The van der Waals surface area contributed by atoms with Crippen LogP contribution in [-0.2, 0) is 4.74 Å². The van der Waals surface area contributed by atoms with Gasteiger partial charge < -0.3 is 26.2 Å². The summed E-state index contributed by atoms with van der Waals surface area (Å²) < 4.78 is 5.19. The summed E-state index contributed by atoms with van der Waals surface area (Å²) in [5.41, 5.74) is 6.58. The minimum Gasteiger partial charge on any atom is -0.399 e. The van der Waals surface area contributed by atoms with Crippen LogP contribution in [0.1, 0.15) is 23.7 Å². The van der Waals surface area contributed by atoms with Crippen LogP contribution < -0.4 is 16.4 Å². The van der Waals surface area contributed by atoms with Crippen molar-refractivity contribution >= 4 is 17.3 Å². The van der Waals surface area contributed by atoms with Crippen molar-refractivity contribution in [3.8, 4) is 0 Å². The average molecular weight is 279 g/mol. The van der Waals surface area contributed by atoms with E-state index < -0.39 is 5.60 Å². The second-order valence-corrected chi connectivity index (χ2v) is 5.04. The second kappa shape index (κ2) is 6.11. The van der Waals surface area contributed by atoms with E-state index >= 15 is 0 Å². The maximum Gasteiger partial charge on any atom is 0.253 e. The first kappa shape index (κ1) is 14.6. The van der Waals surface area contributed by atoms with Crippen molar-refractivity contribution in [2.75, 3.05) is 37.4 Å². The zero-order chi connectivity index (χ0) is 14.6. The molecule has 110 valence electrons. The van der Waals surface area contributed by atoms with Gasteiger partial charge in [0.25, 0.3) is 5.91 Å². The molecule has 1 unspecified atom stereocenters. The van der Waals surface area contributed by atoms with E-state index in [4.69, 9.17) is 10.5 Å². The van der Waals surface area contributed by atoms with Crippen LogP contribution in [0, 0.1) is 0 Å². The summed E-state index contributed by atoms with van der Waals surface area (Å²) in [5.74, 6) is -0.162. The Bertz CT molecular complexity index is 485. The van der Waals surface area contributed by atoms with E-state index in [-0.39, 0.29) is 5.91 Å². The predicted octanol–water partition coefficient (Wildman–Crippen LogP) is 0.582. The van der Waals surface area contributed by atoms with Crippen LogP contribution in [0.2, 0.25) is 0 Å². The number of carbonyl (C=O) groups excluding carboxylic acids is 1. The summed E-state index contributed by atoms with van der Waals surface area (Å²) in [6.45, 7) is 3.60. The van der Waals surface area contributed by atoms with Crippen molar-refractivity contribution in [2.24, 2.45) is 0 Å². The largest absolute Gasteiger partial charge is 0.399 e. The number of amides is 1. The molecule has 0 aromatic heterocycles. The quantitative estimate of drug-likeness (QED) is 0.591. The van der Waals surface area contributed by atoms with Gasteiger partial charge in [-0.2, -0.15) is 0 Å². The van der Waals surface area contributed by atoms with Crippen molar-refractivity contribution in [3.05, 3.63) is 23.8 Å². The van der Waals surface area contributed by atoms with Crippen LogP contribution in [0.25, 0.3) is 0 Å². The third-order valence-electron chi connectivity index (χ3n) is 3.32. The summed E-state index contributed by atoms with van der Waals surface area (Å²) >= 11 is 0. The van der Waals surface area contributed by atoms with Gasteiger partial charge in [0, 0.05) is 37.5 Å². The fourth-order valence-electron chi connectivity index (χ4n) is 2.16. The van der Waals surface area contributed by atoms with Gasteiger partial charge in [0.15, 0.2) is 0 Å². The maximum absolute atomic E-state index is 12.0. The van der Waals surface area contributed by atoms with E-state index in [1.807, 2.05) is 6.92 Å². The van der Waals surface area contributed by atoms with E-state index in [0.29, 0.717) is 49.7 Å². The molecule has 6 heteroatoms. The molecule has 0 bridgehead atoms. The minimum absolute atomic E-state index is 0.162.